The molecule has 2 aliphatic rings. The van der Waals surface area contributed by atoms with Crippen molar-refractivity contribution in [2.24, 2.45) is 5.92 Å². The van der Waals surface area contributed by atoms with Crippen LogP contribution in [0.1, 0.15) is 37.0 Å². The van der Waals surface area contributed by atoms with E-state index in [1.54, 1.807) is 0 Å². The van der Waals surface area contributed by atoms with E-state index in [2.05, 4.69) is 19.2 Å². The summed E-state index contributed by atoms with van der Waals surface area (Å²) in [6.45, 7) is 7.10. The number of rotatable bonds is 2. The summed E-state index contributed by atoms with van der Waals surface area (Å²) < 4.78 is 0. The zero-order valence-corrected chi connectivity index (χ0v) is 15.8. The highest BCUT2D eigenvalue weighted by atomic mass is 35.5. The quantitative estimate of drug-likeness (QED) is 0.873. The molecule has 0 saturated carbocycles. The van der Waals surface area contributed by atoms with Gasteiger partial charge in [0.15, 0.2) is 0 Å². The number of piperidine rings is 1. The number of benzene rings is 1. The number of nitrogens with zero attached hydrogens (tertiary/aromatic N) is 2. The van der Waals surface area contributed by atoms with E-state index < -0.39 is 0 Å². The Hall–Kier alpha value is -1.59. The molecule has 6 heteroatoms. The van der Waals surface area contributed by atoms with E-state index in [1.807, 2.05) is 40.1 Å². The van der Waals surface area contributed by atoms with Crippen LogP contribution in [0.25, 0.3) is 0 Å². The second kappa shape index (κ2) is 8.68. The number of nitrogens with one attached hydrogen (secondary N) is 1. The van der Waals surface area contributed by atoms with Crippen molar-refractivity contribution in [3.63, 3.8) is 0 Å². The van der Waals surface area contributed by atoms with Crippen LogP contribution < -0.4 is 5.32 Å². The number of hydrogen-bond acceptors (Lipinski definition) is 3. The highest BCUT2D eigenvalue weighted by Crippen LogP contribution is 2.23. The summed E-state index contributed by atoms with van der Waals surface area (Å²) in [6.07, 6.45) is 1.77. The standard InChI is InChI=1S/C19H27N3O2.ClH/c1-14-15(2)22(12-10-20-14)19(24)17-9-6-11-21(13-17)18(23)16-7-4-3-5-8-16;/h3-5,7-8,14-15,17,20H,6,9-13H2,1-2H3;1H. The molecule has 2 fully saturated rings. The molecule has 25 heavy (non-hydrogen) atoms. The van der Waals surface area contributed by atoms with Crippen molar-refractivity contribution in [3.05, 3.63) is 35.9 Å². The highest BCUT2D eigenvalue weighted by Gasteiger charge is 2.35. The van der Waals surface area contributed by atoms with Gasteiger partial charge < -0.3 is 15.1 Å². The Labute approximate surface area is 156 Å². The third-order valence-corrected chi connectivity index (χ3v) is 5.40. The van der Waals surface area contributed by atoms with Gasteiger partial charge in [0.05, 0.1) is 5.92 Å². The van der Waals surface area contributed by atoms with E-state index in [0.717, 1.165) is 32.5 Å². The lowest BCUT2D eigenvalue weighted by Crippen LogP contribution is -2.59. The number of amides is 2. The van der Waals surface area contributed by atoms with Gasteiger partial charge in [-0.1, -0.05) is 18.2 Å². The van der Waals surface area contributed by atoms with Gasteiger partial charge in [0, 0.05) is 43.8 Å². The van der Waals surface area contributed by atoms with Gasteiger partial charge >= 0.3 is 0 Å². The summed E-state index contributed by atoms with van der Waals surface area (Å²) in [5.41, 5.74) is 0.703. The topological polar surface area (TPSA) is 52.7 Å². The minimum absolute atomic E-state index is 0. The Bertz CT molecular complexity index is 596. The molecule has 2 heterocycles. The molecule has 2 amide bonds. The van der Waals surface area contributed by atoms with E-state index in [0.29, 0.717) is 18.2 Å². The lowest BCUT2D eigenvalue weighted by atomic mass is 9.94. The molecule has 2 aliphatic heterocycles. The monoisotopic (exact) mass is 365 g/mol. The average Bonchev–Trinajstić information content (AvgIpc) is 2.63. The molecule has 0 spiro atoms. The summed E-state index contributed by atoms with van der Waals surface area (Å²) in [7, 11) is 0. The molecular formula is C19H28ClN3O2. The predicted octanol–water partition coefficient (Wildman–Crippen LogP) is 2.17. The first-order chi connectivity index (χ1) is 11.6. The zero-order chi connectivity index (χ0) is 17.1. The Morgan fingerprint density at radius 3 is 2.56 bits per heavy atom. The Morgan fingerprint density at radius 1 is 1.12 bits per heavy atom. The number of carbonyl (C=O) groups is 2. The largest absolute Gasteiger partial charge is 0.338 e. The molecule has 0 radical (unpaired) electrons. The van der Waals surface area contributed by atoms with Crippen molar-refractivity contribution < 1.29 is 9.59 Å². The second-order valence-electron chi connectivity index (χ2n) is 6.97. The molecule has 2 saturated heterocycles. The molecule has 0 aliphatic carbocycles. The fourth-order valence-electron chi connectivity index (χ4n) is 3.73. The molecular weight excluding hydrogens is 338 g/mol. The van der Waals surface area contributed by atoms with Gasteiger partial charge in [-0.05, 0) is 38.8 Å². The Morgan fingerprint density at radius 2 is 1.84 bits per heavy atom. The second-order valence-corrected chi connectivity index (χ2v) is 6.97. The first-order valence-electron chi connectivity index (χ1n) is 8.96. The molecule has 0 bridgehead atoms. The minimum Gasteiger partial charge on any atom is -0.338 e. The van der Waals surface area contributed by atoms with Crippen LogP contribution in [0.5, 0.6) is 0 Å². The van der Waals surface area contributed by atoms with Crippen molar-refractivity contribution in [3.8, 4) is 0 Å². The van der Waals surface area contributed by atoms with Gasteiger partial charge in [0.1, 0.15) is 0 Å². The molecule has 5 nitrogen and oxygen atoms in total. The normalized spacial score (nSPS) is 26.7. The van der Waals surface area contributed by atoms with Crippen LogP contribution in [0.3, 0.4) is 0 Å². The molecule has 1 aromatic carbocycles. The molecule has 3 unspecified atom stereocenters. The van der Waals surface area contributed by atoms with Crippen molar-refractivity contribution in [2.75, 3.05) is 26.2 Å². The lowest BCUT2D eigenvalue weighted by Gasteiger charge is -2.42. The lowest BCUT2D eigenvalue weighted by molar-refractivity contribution is -0.140. The van der Waals surface area contributed by atoms with E-state index in [1.165, 1.54) is 0 Å². The summed E-state index contributed by atoms with van der Waals surface area (Å²) in [6, 6.07) is 9.86. The van der Waals surface area contributed by atoms with E-state index in [4.69, 9.17) is 0 Å². The number of likely N-dealkylation sites (tertiary alicyclic amines) is 1. The Kier molecular flexibility index (Phi) is 6.85. The van der Waals surface area contributed by atoms with Crippen LogP contribution in [0.2, 0.25) is 0 Å². The van der Waals surface area contributed by atoms with Crippen molar-refractivity contribution >= 4 is 24.2 Å². The van der Waals surface area contributed by atoms with Gasteiger partial charge in [-0.25, -0.2) is 0 Å². The third kappa shape index (κ3) is 4.33. The maximum absolute atomic E-state index is 13.0. The van der Waals surface area contributed by atoms with Crippen LogP contribution in [0, 0.1) is 5.92 Å². The zero-order valence-electron chi connectivity index (χ0n) is 15.0. The molecule has 1 aromatic rings. The van der Waals surface area contributed by atoms with E-state index in [9.17, 15) is 9.59 Å². The third-order valence-electron chi connectivity index (χ3n) is 5.40. The van der Waals surface area contributed by atoms with Gasteiger partial charge in [-0.3, -0.25) is 9.59 Å². The van der Waals surface area contributed by atoms with E-state index >= 15 is 0 Å². The molecule has 0 aromatic heterocycles. The van der Waals surface area contributed by atoms with Gasteiger partial charge in [0.25, 0.3) is 5.91 Å². The first-order valence-corrected chi connectivity index (χ1v) is 8.96. The maximum atomic E-state index is 13.0. The smallest absolute Gasteiger partial charge is 0.253 e. The summed E-state index contributed by atoms with van der Waals surface area (Å²) >= 11 is 0. The first kappa shape index (κ1) is 19.7. The number of carbonyl (C=O) groups excluding carboxylic acids is 2. The molecule has 138 valence electrons. The maximum Gasteiger partial charge on any atom is 0.253 e. The molecule has 3 rings (SSSR count). The van der Waals surface area contributed by atoms with Gasteiger partial charge in [0.2, 0.25) is 5.91 Å². The van der Waals surface area contributed by atoms with Crippen molar-refractivity contribution in [1.82, 2.24) is 15.1 Å². The molecule has 3 atom stereocenters. The van der Waals surface area contributed by atoms with Gasteiger partial charge in [-0.15, -0.1) is 12.4 Å². The van der Waals surface area contributed by atoms with Crippen LogP contribution in [-0.4, -0.2) is 59.9 Å². The Balaban J connectivity index is 0.00000225. The molecule has 1 N–H and O–H groups in total. The van der Waals surface area contributed by atoms with Crippen molar-refractivity contribution in [2.45, 2.75) is 38.8 Å². The fourth-order valence-corrected chi connectivity index (χ4v) is 3.73. The number of piperazine rings is 1. The highest BCUT2D eigenvalue weighted by molar-refractivity contribution is 5.94. The number of halogens is 1. The SMILES string of the molecule is CC1NCCN(C(=O)C2CCCN(C(=O)c3ccccc3)C2)C1C.Cl. The summed E-state index contributed by atoms with van der Waals surface area (Å²) in [5, 5.41) is 3.41. The number of hydrogen-bond donors (Lipinski definition) is 1. The summed E-state index contributed by atoms with van der Waals surface area (Å²) in [5.74, 6) is 0.176. The van der Waals surface area contributed by atoms with E-state index in [-0.39, 0.29) is 36.2 Å². The van der Waals surface area contributed by atoms with Gasteiger partial charge in [-0.2, -0.15) is 0 Å². The van der Waals surface area contributed by atoms with Crippen LogP contribution in [0.15, 0.2) is 30.3 Å². The average molecular weight is 366 g/mol. The minimum atomic E-state index is -0.0702. The van der Waals surface area contributed by atoms with Crippen LogP contribution in [0.4, 0.5) is 0 Å². The fraction of sp³-hybridized carbons (Fsp3) is 0.579. The predicted molar refractivity (Wildman–Crippen MR) is 101 cm³/mol. The summed E-state index contributed by atoms with van der Waals surface area (Å²) in [4.78, 5) is 29.5. The van der Waals surface area contributed by atoms with Crippen molar-refractivity contribution in [1.29, 1.82) is 0 Å². The van der Waals surface area contributed by atoms with Crippen LogP contribution >= 0.6 is 12.4 Å². The van der Waals surface area contributed by atoms with Crippen LogP contribution in [-0.2, 0) is 4.79 Å².